The van der Waals surface area contributed by atoms with E-state index in [9.17, 15) is 9.18 Å². The van der Waals surface area contributed by atoms with E-state index in [1.54, 1.807) is 12.1 Å². The zero-order valence-electron chi connectivity index (χ0n) is 8.74. The van der Waals surface area contributed by atoms with Crippen LogP contribution < -0.4 is 4.90 Å². The Bertz CT molecular complexity index is 374. The average molecular weight is 207 g/mol. The number of hydrogen-bond acceptors (Lipinski definition) is 2. The number of nitrogens with zero attached hydrogens (tertiary/aromatic N) is 1. The van der Waals surface area contributed by atoms with Crippen molar-refractivity contribution in [2.45, 2.75) is 12.8 Å². The molecule has 2 rings (SSSR count). The fourth-order valence-electron chi connectivity index (χ4n) is 1.69. The van der Waals surface area contributed by atoms with Crippen LogP contribution in [0.2, 0.25) is 0 Å². The maximum atomic E-state index is 13.6. The van der Waals surface area contributed by atoms with Gasteiger partial charge in [-0.25, -0.2) is 4.39 Å². The normalized spacial score (nSPS) is 15.1. The van der Waals surface area contributed by atoms with Crippen molar-refractivity contribution < 1.29 is 9.18 Å². The molecule has 1 aliphatic rings. The fourth-order valence-corrected chi connectivity index (χ4v) is 1.69. The van der Waals surface area contributed by atoms with E-state index in [1.165, 1.54) is 18.9 Å². The average Bonchev–Trinajstić information content (AvgIpc) is 3.01. The van der Waals surface area contributed by atoms with E-state index >= 15 is 0 Å². The standard InChI is InChI=1S/C12H14FNO/c1-14(7-9-2-3-9)12-5-4-10(8-15)6-11(12)13/h4-6,8-9H,2-3,7H2,1H3. The summed E-state index contributed by atoms with van der Waals surface area (Å²) in [6.07, 6.45) is 3.16. The summed E-state index contributed by atoms with van der Waals surface area (Å²) >= 11 is 0. The molecule has 0 aliphatic heterocycles. The van der Waals surface area contributed by atoms with Gasteiger partial charge in [-0.3, -0.25) is 4.79 Å². The predicted octanol–water partition coefficient (Wildman–Crippen LogP) is 2.48. The maximum Gasteiger partial charge on any atom is 0.150 e. The third-order valence-corrected chi connectivity index (χ3v) is 2.75. The molecule has 0 radical (unpaired) electrons. The largest absolute Gasteiger partial charge is 0.372 e. The Hall–Kier alpha value is -1.38. The van der Waals surface area contributed by atoms with Crippen LogP contribution in [0.4, 0.5) is 10.1 Å². The van der Waals surface area contributed by atoms with Crippen molar-refractivity contribution in [2.24, 2.45) is 5.92 Å². The highest BCUT2D eigenvalue weighted by Crippen LogP contribution is 2.31. The lowest BCUT2D eigenvalue weighted by Crippen LogP contribution is -2.21. The molecule has 1 aromatic rings. The number of carbonyl (C=O) groups excluding carboxylic acids is 1. The summed E-state index contributed by atoms with van der Waals surface area (Å²) in [6, 6.07) is 4.60. The van der Waals surface area contributed by atoms with Crippen LogP contribution in [0.15, 0.2) is 18.2 Å². The molecule has 1 fully saturated rings. The molecular formula is C12H14FNO. The van der Waals surface area contributed by atoms with E-state index in [4.69, 9.17) is 0 Å². The second kappa shape index (κ2) is 4.01. The predicted molar refractivity (Wildman–Crippen MR) is 57.8 cm³/mol. The van der Waals surface area contributed by atoms with Crippen LogP contribution in [0.25, 0.3) is 0 Å². The van der Waals surface area contributed by atoms with Crippen LogP contribution in [0.5, 0.6) is 0 Å². The van der Waals surface area contributed by atoms with Crippen molar-refractivity contribution >= 4 is 12.0 Å². The van der Waals surface area contributed by atoms with Gasteiger partial charge in [0.1, 0.15) is 12.1 Å². The maximum absolute atomic E-state index is 13.6. The van der Waals surface area contributed by atoms with E-state index in [0.29, 0.717) is 17.5 Å². The van der Waals surface area contributed by atoms with Gasteiger partial charge in [-0.15, -0.1) is 0 Å². The molecule has 0 saturated heterocycles. The number of carbonyl (C=O) groups is 1. The van der Waals surface area contributed by atoms with Crippen molar-refractivity contribution in [3.63, 3.8) is 0 Å². The summed E-state index contributed by atoms with van der Waals surface area (Å²) in [4.78, 5) is 12.4. The summed E-state index contributed by atoms with van der Waals surface area (Å²) in [5.74, 6) is 0.405. The van der Waals surface area contributed by atoms with Crippen LogP contribution in [0.1, 0.15) is 23.2 Å². The van der Waals surface area contributed by atoms with Gasteiger partial charge < -0.3 is 4.90 Å². The lowest BCUT2D eigenvalue weighted by molar-refractivity contribution is 0.112. The fraction of sp³-hybridized carbons (Fsp3) is 0.417. The topological polar surface area (TPSA) is 20.3 Å². The number of rotatable bonds is 4. The molecule has 1 aromatic carbocycles. The van der Waals surface area contributed by atoms with Gasteiger partial charge >= 0.3 is 0 Å². The Kier molecular flexibility index (Phi) is 2.71. The number of benzene rings is 1. The molecule has 0 N–H and O–H groups in total. The molecule has 1 aliphatic carbocycles. The molecular weight excluding hydrogens is 193 g/mol. The molecule has 0 amide bonds. The highest BCUT2D eigenvalue weighted by atomic mass is 19.1. The Balaban J connectivity index is 2.15. The van der Waals surface area contributed by atoms with Crippen LogP contribution in [-0.4, -0.2) is 19.9 Å². The summed E-state index contributed by atoms with van der Waals surface area (Å²) in [6.45, 7) is 0.900. The first-order valence-electron chi connectivity index (χ1n) is 5.16. The SMILES string of the molecule is CN(CC1CC1)c1ccc(C=O)cc1F. The van der Waals surface area contributed by atoms with Crippen molar-refractivity contribution in [1.29, 1.82) is 0 Å². The molecule has 0 bridgehead atoms. The minimum atomic E-state index is -0.317. The first-order chi connectivity index (χ1) is 7.20. The molecule has 0 aromatic heterocycles. The van der Waals surface area contributed by atoms with Gasteiger partial charge in [-0.05, 0) is 37.0 Å². The summed E-state index contributed by atoms with van der Waals surface area (Å²) in [5, 5.41) is 0. The lowest BCUT2D eigenvalue weighted by Gasteiger charge is -2.19. The molecule has 0 spiro atoms. The van der Waals surface area contributed by atoms with Gasteiger partial charge in [0.2, 0.25) is 0 Å². The first-order valence-corrected chi connectivity index (χ1v) is 5.16. The molecule has 15 heavy (non-hydrogen) atoms. The van der Waals surface area contributed by atoms with E-state index in [-0.39, 0.29) is 5.82 Å². The van der Waals surface area contributed by atoms with Crippen LogP contribution >= 0.6 is 0 Å². The number of hydrogen-bond donors (Lipinski definition) is 0. The van der Waals surface area contributed by atoms with Gasteiger partial charge in [0.15, 0.2) is 0 Å². The summed E-state index contributed by atoms with van der Waals surface area (Å²) < 4.78 is 13.6. The third kappa shape index (κ3) is 2.35. The number of aldehydes is 1. The molecule has 1 saturated carbocycles. The highest BCUT2D eigenvalue weighted by Gasteiger charge is 2.23. The lowest BCUT2D eigenvalue weighted by atomic mass is 10.2. The van der Waals surface area contributed by atoms with Crippen molar-refractivity contribution in [2.75, 3.05) is 18.5 Å². The number of anilines is 1. The molecule has 3 heteroatoms. The molecule has 0 heterocycles. The summed E-state index contributed by atoms with van der Waals surface area (Å²) in [7, 11) is 1.89. The van der Waals surface area contributed by atoms with Gasteiger partial charge in [0.05, 0.1) is 5.69 Å². The minimum Gasteiger partial charge on any atom is -0.372 e. The second-order valence-electron chi connectivity index (χ2n) is 4.15. The smallest absolute Gasteiger partial charge is 0.150 e. The van der Waals surface area contributed by atoms with Gasteiger partial charge in [0.25, 0.3) is 0 Å². The van der Waals surface area contributed by atoms with E-state index in [0.717, 1.165) is 12.5 Å². The van der Waals surface area contributed by atoms with Crippen molar-refractivity contribution in [3.8, 4) is 0 Å². The molecule has 80 valence electrons. The molecule has 0 unspecified atom stereocenters. The third-order valence-electron chi connectivity index (χ3n) is 2.75. The van der Waals surface area contributed by atoms with Crippen LogP contribution in [0, 0.1) is 11.7 Å². The van der Waals surface area contributed by atoms with Gasteiger partial charge in [-0.1, -0.05) is 0 Å². The zero-order chi connectivity index (χ0) is 10.8. The Morgan fingerprint density at radius 2 is 2.27 bits per heavy atom. The van der Waals surface area contributed by atoms with Crippen molar-refractivity contribution in [1.82, 2.24) is 0 Å². The minimum absolute atomic E-state index is 0.317. The molecule has 0 atom stereocenters. The van der Waals surface area contributed by atoms with Crippen molar-refractivity contribution in [3.05, 3.63) is 29.6 Å². The van der Waals surface area contributed by atoms with Gasteiger partial charge in [0, 0.05) is 19.2 Å². The quantitative estimate of drug-likeness (QED) is 0.707. The Labute approximate surface area is 88.7 Å². The summed E-state index contributed by atoms with van der Waals surface area (Å²) in [5.41, 5.74) is 0.962. The monoisotopic (exact) mass is 207 g/mol. The molecule has 2 nitrogen and oxygen atoms in total. The van der Waals surface area contributed by atoms with Crippen LogP contribution in [0.3, 0.4) is 0 Å². The van der Waals surface area contributed by atoms with Crippen LogP contribution in [-0.2, 0) is 0 Å². The van der Waals surface area contributed by atoms with Gasteiger partial charge in [-0.2, -0.15) is 0 Å². The van der Waals surface area contributed by atoms with E-state index < -0.39 is 0 Å². The second-order valence-corrected chi connectivity index (χ2v) is 4.15. The first kappa shape index (κ1) is 10.1. The number of halogens is 1. The van der Waals surface area contributed by atoms with E-state index in [2.05, 4.69) is 0 Å². The highest BCUT2D eigenvalue weighted by molar-refractivity contribution is 5.75. The zero-order valence-corrected chi connectivity index (χ0v) is 8.74. The Morgan fingerprint density at radius 1 is 1.53 bits per heavy atom. The Morgan fingerprint density at radius 3 is 2.80 bits per heavy atom. The van der Waals surface area contributed by atoms with E-state index in [1.807, 2.05) is 11.9 Å².